The van der Waals surface area contributed by atoms with Crippen molar-refractivity contribution in [3.8, 4) is 6.07 Å². The van der Waals surface area contributed by atoms with E-state index in [0.29, 0.717) is 0 Å². The Morgan fingerprint density at radius 3 is 2.54 bits per heavy atom. The second kappa shape index (κ2) is 5.70. The maximum Gasteiger partial charge on any atom is 0.417 e. The zero-order valence-corrected chi connectivity index (χ0v) is 13.1. The first-order valence-electron chi connectivity index (χ1n) is 6.81. The number of hydrogen-bond acceptors (Lipinski definition) is 4. The van der Waals surface area contributed by atoms with E-state index in [1.54, 1.807) is 0 Å². The molecule has 0 N–H and O–H groups in total. The molecule has 0 unspecified atom stereocenters. The van der Waals surface area contributed by atoms with E-state index in [1.165, 1.54) is 26.1 Å². The molecule has 0 bridgehead atoms. The van der Waals surface area contributed by atoms with Gasteiger partial charge in [0.05, 0.1) is 30.9 Å². The fourth-order valence-electron chi connectivity index (χ4n) is 2.53. The van der Waals surface area contributed by atoms with E-state index in [1.807, 2.05) is 0 Å². The van der Waals surface area contributed by atoms with Gasteiger partial charge in [0.15, 0.2) is 5.54 Å². The van der Waals surface area contributed by atoms with Gasteiger partial charge in [0.2, 0.25) is 0 Å². The molecule has 0 aromatic heterocycles. The monoisotopic (exact) mass is 341 g/mol. The number of anilines is 1. The fraction of sp³-hybridized carbons (Fsp3) is 0.400. The zero-order valence-electron chi connectivity index (χ0n) is 13.1. The third-order valence-electron chi connectivity index (χ3n) is 4.09. The average molecular weight is 341 g/mol. The number of urea groups is 1. The first-order valence-corrected chi connectivity index (χ1v) is 6.81. The minimum atomic E-state index is -4.73. The van der Waals surface area contributed by atoms with Crippen molar-refractivity contribution in [1.29, 1.82) is 5.26 Å². The lowest BCUT2D eigenvalue weighted by Gasteiger charge is -2.26. The molecule has 24 heavy (non-hydrogen) atoms. The van der Waals surface area contributed by atoms with Crippen LogP contribution in [0.2, 0.25) is 0 Å². The Morgan fingerprint density at radius 1 is 1.42 bits per heavy atom. The number of carbonyl (C=O) groups is 2. The number of esters is 1. The first kappa shape index (κ1) is 17.6. The second-order valence-electron chi connectivity index (χ2n) is 5.53. The van der Waals surface area contributed by atoms with Gasteiger partial charge in [-0.25, -0.2) is 9.59 Å². The largest absolute Gasteiger partial charge is 0.467 e. The number of alkyl halides is 3. The van der Waals surface area contributed by atoms with Gasteiger partial charge in [0.25, 0.3) is 0 Å². The normalized spacial score (nSPS) is 21.0. The molecule has 6 nitrogen and oxygen atoms in total. The zero-order chi connectivity index (χ0) is 18.3. The summed E-state index contributed by atoms with van der Waals surface area (Å²) in [7, 11) is 2.53. The van der Waals surface area contributed by atoms with Crippen molar-refractivity contribution < 1.29 is 27.5 Å². The Morgan fingerprint density at radius 2 is 2.04 bits per heavy atom. The number of methoxy groups -OCH3 is 1. The van der Waals surface area contributed by atoms with Gasteiger partial charge in [-0.3, -0.25) is 4.90 Å². The number of ether oxygens (including phenoxy) is 1. The van der Waals surface area contributed by atoms with Crippen LogP contribution in [-0.2, 0) is 15.7 Å². The quantitative estimate of drug-likeness (QED) is 0.774. The molecular weight excluding hydrogens is 327 g/mol. The predicted molar refractivity (Wildman–Crippen MR) is 77.1 cm³/mol. The van der Waals surface area contributed by atoms with E-state index < -0.39 is 34.8 Å². The number of nitriles is 1. The fourth-order valence-corrected chi connectivity index (χ4v) is 2.53. The molecule has 1 aliphatic rings. The molecule has 2 amide bonds. The van der Waals surface area contributed by atoms with Crippen LogP contribution in [0.4, 0.5) is 23.7 Å². The van der Waals surface area contributed by atoms with Crippen LogP contribution >= 0.6 is 0 Å². The molecular formula is C15H14F3N3O3. The number of nitrogens with zero attached hydrogens (tertiary/aromatic N) is 3. The van der Waals surface area contributed by atoms with Gasteiger partial charge in [0.1, 0.15) is 0 Å². The molecule has 9 heteroatoms. The summed E-state index contributed by atoms with van der Waals surface area (Å²) in [6.07, 6.45) is -4.73. The lowest BCUT2D eigenvalue weighted by molar-refractivity contribution is -0.150. The maximum atomic E-state index is 13.1. The van der Waals surface area contributed by atoms with E-state index >= 15 is 0 Å². The summed E-state index contributed by atoms with van der Waals surface area (Å²) in [5.74, 6) is -0.675. The average Bonchev–Trinajstić information content (AvgIpc) is 2.78. The Bertz CT molecular complexity index is 742. The van der Waals surface area contributed by atoms with Gasteiger partial charge in [-0.2, -0.15) is 18.4 Å². The number of likely N-dealkylation sites (N-methyl/N-ethyl adjacent to an activating group) is 1. The minimum absolute atomic E-state index is 0.0502. The molecule has 1 fully saturated rings. The van der Waals surface area contributed by atoms with Gasteiger partial charge in [-0.05, 0) is 25.1 Å². The minimum Gasteiger partial charge on any atom is -0.467 e. The predicted octanol–water partition coefficient (Wildman–Crippen LogP) is 2.38. The van der Waals surface area contributed by atoms with E-state index in [0.717, 1.165) is 29.0 Å². The van der Waals surface area contributed by atoms with Crippen molar-refractivity contribution >= 4 is 17.7 Å². The van der Waals surface area contributed by atoms with Crippen molar-refractivity contribution in [1.82, 2.24) is 4.90 Å². The molecule has 1 heterocycles. The van der Waals surface area contributed by atoms with Gasteiger partial charge in [0, 0.05) is 12.7 Å². The van der Waals surface area contributed by atoms with Gasteiger partial charge in [-0.15, -0.1) is 0 Å². The number of carbonyl (C=O) groups excluding carboxylic acids is 2. The number of benzene rings is 1. The summed E-state index contributed by atoms with van der Waals surface area (Å²) < 4.78 is 43.9. The highest BCUT2D eigenvalue weighted by atomic mass is 19.4. The molecule has 0 spiro atoms. The molecule has 1 aromatic carbocycles. The Labute approximate surface area is 136 Å². The van der Waals surface area contributed by atoms with E-state index in [-0.39, 0.29) is 12.2 Å². The molecule has 1 aromatic rings. The highest BCUT2D eigenvalue weighted by Crippen LogP contribution is 2.37. The molecule has 0 saturated carbocycles. The van der Waals surface area contributed by atoms with Crippen LogP contribution < -0.4 is 4.90 Å². The molecule has 2 rings (SSSR count). The van der Waals surface area contributed by atoms with Crippen molar-refractivity contribution in [2.24, 2.45) is 0 Å². The topological polar surface area (TPSA) is 73.6 Å². The number of halogens is 3. The van der Waals surface area contributed by atoms with Crippen LogP contribution in [0.1, 0.15) is 18.1 Å². The van der Waals surface area contributed by atoms with Crippen molar-refractivity contribution in [2.45, 2.75) is 18.6 Å². The van der Waals surface area contributed by atoms with Crippen LogP contribution in [0.5, 0.6) is 0 Å². The maximum absolute atomic E-state index is 13.1. The van der Waals surface area contributed by atoms with Gasteiger partial charge < -0.3 is 9.64 Å². The number of amides is 2. The van der Waals surface area contributed by atoms with Gasteiger partial charge >= 0.3 is 18.2 Å². The molecule has 0 radical (unpaired) electrons. The van der Waals surface area contributed by atoms with Crippen LogP contribution in [0.3, 0.4) is 0 Å². The first-order chi connectivity index (χ1) is 11.1. The molecule has 1 aliphatic heterocycles. The summed E-state index contributed by atoms with van der Waals surface area (Å²) in [6, 6.07) is 3.80. The molecule has 1 atom stereocenters. The number of hydrogen-bond donors (Lipinski definition) is 0. The standard InChI is InChI=1S/C15H14F3N3O3/c1-14(12(22)24-3)8-21(13(23)20(14)2)10-5-4-9(7-19)11(6-10)15(16,17)18/h4-6H,8H2,1-3H3/t14-/m0/s1. The summed E-state index contributed by atoms with van der Waals surface area (Å²) >= 11 is 0. The summed E-state index contributed by atoms with van der Waals surface area (Å²) in [5.41, 5.74) is -3.05. The Kier molecular flexibility index (Phi) is 4.18. The summed E-state index contributed by atoms with van der Waals surface area (Å²) in [6.45, 7) is 1.29. The molecule has 128 valence electrons. The van der Waals surface area contributed by atoms with Crippen molar-refractivity contribution in [3.63, 3.8) is 0 Å². The van der Waals surface area contributed by atoms with Crippen LogP contribution in [0.25, 0.3) is 0 Å². The van der Waals surface area contributed by atoms with Crippen LogP contribution in [0.15, 0.2) is 18.2 Å². The van der Waals surface area contributed by atoms with Crippen molar-refractivity contribution in [3.05, 3.63) is 29.3 Å². The van der Waals surface area contributed by atoms with E-state index in [9.17, 15) is 22.8 Å². The Balaban J connectivity index is 2.49. The Hall–Kier alpha value is -2.76. The smallest absolute Gasteiger partial charge is 0.417 e. The van der Waals surface area contributed by atoms with Crippen molar-refractivity contribution in [2.75, 3.05) is 25.6 Å². The summed E-state index contributed by atoms with van der Waals surface area (Å²) in [5, 5.41) is 8.82. The highest BCUT2D eigenvalue weighted by Gasteiger charge is 2.51. The molecule has 0 aliphatic carbocycles. The molecule has 1 saturated heterocycles. The third kappa shape index (κ3) is 2.64. The van der Waals surface area contributed by atoms with E-state index in [4.69, 9.17) is 5.26 Å². The summed E-state index contributed by atoms with van der Waals surface area (Å²) in [4.78, 5) is 26.4. The lowest BCUT2D eigenvalue weighted by atomic mass is 10.0. The number of rotatable bonds is 2. The highest BCUT2D eigenvalue weighted by molar-refractivity contribution is 6.01. The van der Waals surface area contributed by atoms with Gasteiger partial charge in [-0.1, -0.05) is 0 Å². The van der Waals surface area contributed by atoms with Crippen LogP contribution in [0, 0.1) is 11.3 Å². The van der Waals surface area contributed by atoms with Crippen LogP contribution in [-0.4, -0.2) is 43.1 Å². The second-order valence-corrected chi connectivity index (χ2v) is 5.53. The SMILES string of the molecule is COC(=O)[C@]1(C)CN(c2ccc(C#N)c(C(F)(F)F)c2)C(=O)N1C. The third-order valence-corrected chi connectivity index (χ3v) is 4.09. The van der Waals surface area contributed by atoms with E-state index in [2.05, 4.69) is 4.74 Å². The lowest BCUT2D eigenvalue weighted by Crippen LogP contribution is -2.49.